The molecule has 12 heavy (non-hydrogen) atoms. The lowest BCUT2D eigenvalue weighted by atomic mass is 10.2. The van der Waals surface area contributed by atoms with Crippen LogP contribution < -0.4 is 0 Å². The Hall–Kier alpha value is -0.670. The Kier molecular flexibility index (Phi) is 2.65. The van der Waals surface area contributed by atoms with Gasteiger partial charge in [0, 0.05) is 0 Å². The minimum atomic E-state index is -1.13. The summed E-state index contributed by atoms with van der Waals surface area (Å²) in [6.45, 7) is 0. The lowest BCUT2D eigenvalue weighted by molar-refractivity contribution is 0.107. The van der Waals surface area contributed by atoms with E-state index in [1.165, 1.54) is 0 Å². The van der Waals surface area contributed by atoms with Gasteiger partial charge in [0.25, 0.3) is 5.24 Å². The van der Waals surface area contributed by atoms with E-state index in [0.29, 0.717) is 0 Å². The van der Waals surface area contributed by atoms with Crippen molar-refractivity contribution in [1.29, 1.82) is 0 Å². The summed E-state index contributed by atoms with van der Waals surface area (Å²) in [6, 6.07) is 1.81. The standard InChI is InChI=1S/C7H2Cl2F2O/c8-5-4(10)2-1-3(6(5)11)7(9)12/h1-2H. The Balaban J connectivity index is 3.36. The van der Waals surface area contributed by atoms with Crippen LogP contribution in [0.1, 0.15) is 10.4 Å². The van der Waals surface area contributed by atoms with E-state index in [1.54, 1.807) is 0 Å². The van der Waals surface area contributed by atoms with E-state index in [1.807, 2.05) is 0 Å². The zero-order valence-corrected chi connectivity index (χ0v) is 7.09. The first-order valence-electron chi connectivity index (χ1n) is 2.87. The Labute approximate surface area is 76.9 Å². The summed E-state index contributed by atoms with van der Waals surface area (Å²) in [5.74, 6) is -2.05. The molecule has 0 atom stereocenters. The van der Waals surface area contributed by atoms with Crippen LogP contribution in [0.25, 0.3) is 0 Å². The van der Waals surface area contributed by atoms with Crippen molar-refractivity contribution in [1.82, 2.24) is 0 Å². The van der Waals surface area contributed by atoms with Crippen LogP contribution in [-0.2, 0) is 0 Å². The minimum absolute atomic E-state index is 0.428. The first-order chi connectivity index (χ1) is 5.54. The fourth-order valence-corrected chi connectivity index (χ4v) is 0.988. The van der Waals surface area contributed by atoms with Gasteiger partial charge in [-0.3, -0.25) is 4.79 Å². The average molecular weight is 211 g/mol. The van der Waals surface area contributed by atoms with Gasteiger partial charge >= 0.3 is 0 Å². The normalized spacial score (nSPS) is 10.0. The maximum atomic E-state index is 12.8. The lowest BCUT2D eigenvalue weighted by Crippen LogP contribution is -1.96. The van der Waals surface area contributed by atoms with Gasteiger partial charge in [-0.05, 0) is 23.7 Å². The molecule has 0 aromatic heterocycles. The van der Waals surface area contributed by atoms with Crippen molar-refractivity contribution in [3.05, 3.63) is 34.4 Å². The van der Waals surface area contributed by atoms with Gasteiger partial charge < -0.3 is 0 Å². The zero-order chi connectivity index (χ0) is 9.30. The topological polar surface area (TPSA) is 17.1 Å². The summed E-state index contributed by atoms with van der Waals surface area (Å²) in [5, 5.41) is -1.73. The first-order valence-corrected chi connectivity index (χ1v) is 3.63. The molecule has 0 saturated heterocycles. The summed E-state index contributed by atoms with van der Waals surface area (Å²) >= 11 is 10.1. The first kappa shape index (κ1) is 9.42. The van der Waals surface area contributed by atoms with Gasteiger partial charge in [-0.2, -0.15) is 0 Å². The van der Waals surface area contributed by atoms with Crippen LogP contribution >= 0.6 is 23.2 Å². The number of halogens is 4. The second-order valence-corrected chi connectivity index (χ2v) is 2.72. The molecule has 1 aromatic carbocycles. The zero-order valence-electron chi connectivity index (χ0n) is 5.57. The van der Waals surface area contributed by atoms with Crippen molar-refractivity contribution >= 4 is 28.4 Å². The molecule has 1 nitrogen and oxygen atoms in total. The van der Waals surface area contributed by atoms with E-state index in [9.17, 15) is 13.6 Å². The molecule has 1 aromatic rings. The highest BCUT2D eigenvalue weighted by Crippen LogP contribution is 2.22. The summed E-state index contributed by atoms with van der Waals surface area (Å²) < 4.78 is 25.3. The van der Waals surface area contributed by atoms with Crippen molar-refractivity contribution in [2.75, 3.05) is 0 Å². The van der Waals surface area contributed by atoms with Crippen LogP contribution in [-0.4, -0.2) is 5.24 Å². The lowest BCUT2D eigenvalue weighted by Gasteiger charge is -1.99. The molecule has 0 radical (unpaired) electrons. The van der Waals surface area contributed by atoms with Gasteiger partial charge in [-0.1, -0.05) is 11.6 Å². The van der Waals surface area contributed by atoms with Crippen LogP contribution in [0.5, 0.6) is 0 Å². The van der Waals surface area contributed by atoms with Crippen LogP contribution in [0, 0.1) is 11.6 Å². The molecule has 0 heterocycles. The Morgan fingerprint density at radius 2 is 1.92 bits per heavy atom. The number of rotatable bonds is 1. The Morgan fingerprint density at radius 3 is 2.42 bits per heavy atom. The molecule has 0 fully saturated rings. The third-order valence-corrected chi connectivity index (χ3v) is 1.80. The van der Waals surface area contributed by atoms with Crippen molar-refractivity contribution in [3.8, 4) is 0 Å². The number of carbonyl (C=O) groups is 1. The minimum Gasteiger partial charge on any atom is -0.275 e. The molecule has 0 aliphatic heterocycles. The summed E-state index contributed by atoms with van der Waals surface area (Å²) in [4.78, 5) is 10.5. The molecule has 0 spiro atoms. The molecule has 64 valence electrons. The highest BCUT2D eigenvalue weighted by Gasteiger charge is 2.15. The van der Waals surface area contributed by atoms with Gasteiger partial charge in [0.15, 0.2) is 5.82 Å². The van der Waals surface area contributed by atoms with E-state index in [0.717, 1.165) is 12.1 Å². The van der Waals surface area contributed by atoms with E-state index in [4.69, 9.17) is 23.2 Å². The van der Waals surface area contributed by atoms with E-state index in [-0.39, 0.29) is 0 Å². The summed E-state index contributed by atoms with van der Waals surface area (Å²) in [5.41, 5.74) is -0.428. The van der Waals surface area contributed by atoms with Gasteiger partial charge in [0.2, 0.25) is 0 Å². The van der Waals surface area contributed by atoms with Crippen LogP contribution in [0.4, 0.5) is 8.78 Å². The van der Waals surface area contributed by atoms with Crippen molar-refractivity contribution in [2.45, 2.75) is 0 Å². The van der Waals surface area contributed by atoms with Crippen LogP contribution in [0.15, 0.2) is 12.1 Å². The second kappa shape index (κ2) is 3.37. The fourth-order valence-electron chi connectivity index (χ4n) is 0.678. The maximum absolute atomic E-state index is 12.8. The van der Waals surface area contributed by atoms with Crippen molar-refractivity contribution in [2.24, 2.45) is 0 Å². The van der Waals surface area contributed by atoms with E-state index in [2.05, 4.69) is 0 Å². The number of hydrogen-bond donors (Lipinski definition) is 0. The quantitative estimate of drug-likeness (QED) is 0.515. The number of benzene rings is 1. The SMILES string of the molecule is O=C(Cl)c1ccc(F)c(Cl)c1F. The molecular weight excluding hydrogens is 209 g/mol. The monoisotopic (exact) mass is 210 g/mol. The smallest absolute Gasteiger partial charge is 0.255 e. The highest BCUT2D eigenvalue weighted by molar-refractivity contribution is 6.67. The van der Waals surface area contributed by atoms with Gasteiger partial charge in [0.05, 0.1) is 5.56 Å². The summed E-state index contributed by atoms with van der Waals surface area (Å²) in [7, 11) is 0. The Morgan fingerprint density at radius 1 is 1.33 bits per heavy atom. The Bertz CT molecular complexity index is 338. The van der Waals surface area contributed by atoms with E-state index >= 15 is 0 Å². The van der Waals surface area contributed by atoms with Crippen molar-refractivity contribution in [3.63, 3.8) is 0 Å². The number of carbonyl (C=O) groups excluding carboxylic acids is 1. The van der Waals surface area contributed by atoms with Crippen LogP contribution in [0.2, 0.25) is 5.02 Å². The van der Waals surface area contributed by atoms with E-state index < -0.39 is 27.5 Å². The fraction of sp³-hybridized carbons (Fsp3) is 0. The molecule has 0 unspecified atom stereocenters. The maximum Gasteiger partial charge on any atom is 0.255 e. The average Bonchev–Trinajstić information content (AvgIpc) is 2.00. The third-order valence-electron chi connectivity index (χ3n) is 1.25. The molecule has 0 saturated carbocycles. The second-order valence-electron chi connectivity index (χ2n) is 2.00. The molecule has 5 heteroatoms. The molecule has 0 aliphatic rings. The molecular formula is C7H2Cl2F2O. The predicted molar refractivity (Wildman–Crippen MR) is 41.6 cm³/mol. The molecule has 1 rings (SSSR count). The molecule has 0 bridgehead atoms. The van der Waals surface area contributed by atoms with Gasteiger partial charge in [0.1, 0.15) is 10.8 Å². The predicted octanol–water partition coefficient (Wildman–Crippen LogP) is 3.00. The van der Waals surface area contributed by atoms with Crippen molar-refractivity contribution < 1.29 is 13.6 Å². The highest BCUT2D eigenvalue weighted by atomic mass is 35.5. The van der Waals surface area contributed by atoms with Gasteiger partial charge in [-0.25, -0.2) is 8.78 Å². The molecule has 0 amide bonds. The van der Waals surface area contributed by atoms with Crippen LogP contribution in [0.3, 0.4) is 0 Å². The molecule has 0 aliphatic carbocycles. The summed E-state index contributed by atoms with van der Waals surface area (Å²) in [6.07, 6.45) is 0. The largest absolute Gasteiger partial charge is 0.275 e. The molecule has 0 N–H and O–H groups in total. The number of hydrogen-bond acceptors (Lipinski definition) is 1. The third kappa shape index (κ3) is 1.57. The van der Waals surface area contributed by atoms with Gasteiger partial charge in [-0.15, -0.1) is 0 Å².